The van der Waals surface area contributed by atoms with Crippen molar-refractivity contribution in [2.45, 2.75) is 32.8 Å². The van der Waals surface area contributed by atoms with Crippen LogP contribution >= 0.6 is 0 Å². The SMILES string of the molecule is COC(=O)C1CCN(C(=O)OC(C)(C)C)CC1C(=O)O. The Hall–Kier alpha value is -1.79. The van der Waals surface area contributed by atoms with Crippen LogP contribution in [0.3, 0.4) is 0 Å². The van der Waals surface area contributed by atoms with Gasteiger partial charge in [-0.05, 0) is 27.2 Å². The number of esters is 1. The minimum Gasteiger partial charge on any atom is -0.481 e. The molecule has 1 saturated heterocycles. The van der Waals surface area contributed by atoms with E-state index in [1.807, 2.05) is 0 Å². The Morgan fingerprint density at radius 1 is 1.20 bits per heavy atom. The summed E-state index contributed by atoms with van der Waals surface area (Å²) >= 11 is 0. The fourth-order valence-corrected chi connectivity index (χ4v) is 2.13. The number of hydrogen-bond donors (Lipinski definition) is 1. The minimum absolute atomic E-state index is 0.0516. The molecule has 1 N–H and O–H groups in total. The van der Waals surface area contributed by atoms with Crippen LogP contribution in [-0.4, -0.2) is 53.8 Å². The average molecular weight is 287 g/mol. The second-order valence-electron chi connectivity index (χ2n) is 5.79. The van der Waals surface area contributed by atoms with Gasteiger partial charge in [0.05, 0.1) is 18.9 Å². The van der Waals surface area contributed by atoms with Crippen LogP contribution in [0.5, 0.6) is 0 Å². The second kappa shape index (κ2) is 6.11. The van der Waals surface area contributed by atoms with Crippen molar-refractivity contribution in [1.82, 2.24) is 4.90 Å². The van der Waals surface area contributed by atoms with Gasteiger partial charge in [0.1, 0.15) is 5.60 Å². The van der Waals surface area contributed by atoms with Crippen LogP contribution in [0.1, 0.15) is 27.2 Å². The van der Waals surface area contributed by atoms with E-state index in [0.29, 0.717) is 0 Å². The summed E-state index contributed by atoms with van der Waals surface area (Å²) in [5.41, 5.74) is -0.644. The number of carboxylic acid groups (broad SMARTS) is 1. The third-order valence-corrected chi connectivity index (χ3v) is 3.09. The molecule has 1 aliphatic heterocycles. The van der Waals surface area contributed by atoms with Crippen LogP contribution in [-0.2, 0) is 19.1 Å². The van der Waals surface area contributed by atoms with Gasteiger partial charge < -0.3 is 19.5 Å². The molecular weight excluding hydrogens is 266 g/mol. The smallest absolute Gasteiger partial charge is 0.410 e. The van der Waals surface area contributed by atoms with Gasteiger partial charge in [-0.15, -0.1) is 0 Å². The Balaban J connectivity index is 2.76. The maximum absolute atomic E-state index is 11.9. The topological polar surface area (TPSA) is 93.1 Å². The van der Waals surface area contributed by atoms with Gasteiger partial charge in [0.25, 0.3) is 0 Å². The fourth-order valence-electron chi connectivity index (χ4n) is 2.13. The summed E-state index contributed by atoms with van der Waals surface area (Å²) in [5, 5.41) is 9.20. The van der Waals surface area contributed by atoms with Crippen LogP contribution in [0.15, 0.2) is 0 Å². The molecule has 0 aliphatic carbocycles. The normalized spacial score (nSPS) is 23.1. The van der Waals surface area contributed by atoms with Gasteiger partial charge in [0, 0.05) is 13.1 Å². The van der Waals surface area contributed by atoms with Crippen LogP contribution in [0.25, 0.3) is 0 Å². The summed E-state index contributed by atoms with van der Waals surface area (Å²) < 4.78 is 9.81. The number of methoxy groups -OCH3 is 1. The Morgan fingerprint density at radius 3 is 2.25 bits per heavy atom. The monoisotopic (exact) mass is 287 g/mol. The molecule has 7 heteroatoms. The average Bonchev–Trinajstić information content (AvgIpc) is 2.35. The lowest BCUT2D eigenvalue weighted by Gasteiger charge is -2.35. The Morgan fingerprint density at radius 2 is 1.80 bits per heavy atom. The molecular formula is C13H21NO6. The van der Waals surface area contributed by atoms with E-state index in [0.717, 1.165) is 0 Å². The second-order valence-corrected chi connectivity index (χ2v) is 5.79. The first-order chi connectivity index (χ1) is 9.15. The van der Waals surface area contributed by atoms with Crippen molar-refractivity contribution < 1.29 is 29.0 Å². The maximum Gasteiger partial charge on any atom is 0.410 e. The highest BCUT2D eigenvalue weighted by Crippen LogP contribution is 2.26. The van der Waals surface area contributed by atoms with Crippen molar-refractivity contribution in [2.75, 3.05) is 20.2 Å². The fraction of sp³-hybridized carbons (Fsp3) is 0.769. The number of aliphatic carboxylic acids is 1. The highest BCUT2D eigenvalue weighted by molar-refractivity contribution is 5.82. The van der Waals surface area contributed by atoms with Crippen molar-refractivity contribution in [3.05, 3.63) is 0 Å². The highest BCUT2D eigenvalue weighted by atomic mass is 16.6. The van der Waals surface area contributed by atoms with E-state index in [9.17, 15) is 19.5 Å². The van der Waals surface area contributed by atoms with Gasteiger partial charge >= 0.3 is 18.0 Å². The van der Waals surface area contributed by atoms with E-state index in [-0.39, 0.29) is 19.5 Å². The molecule has 1 fully saturated rings. The highest BCUT2D eigenvalue weighted by Gasteiger charge is 2.41. The number of ether oxygens (including phenoxy) is 2. The minimum atomic E-state index is -1.12. The number of piperidine rings is 1. The van der Waals surface area contributed by atoms with Gasteiger partial charge in [-0.25, -0.2) is 4.79 Å². The van der Waals surface area contributed by atoms with Gasteiger partial charge in [-0.3, -0.25) is 9.59 Å². The first-order valence-corrected chi connectivity index (χ1v) is 6.44. The quantitative estimate of drug-likeness (QED) is 0.765. The Bertz CT molecular complexity index is 400. The molecule has 0 bridgehead atoms. The third-order valence-electron chi connectivity index (χ3n) is 3.09. The van der Waals surface area contributed by atoms with E-state index in [2.05, 4.69) is 4.74 Å². The molecule has 2 unspecified atom stereocenters. The number of carbonyl (C=O) groups excluding carboxylic acids is 2. The maximum atomic E-state index is 11.9. The van der Waals surface area contributed by atoms with Crippen molar-refractivity contribution in [3.63, 3.8) is 0 Å². The lowest BCUT2D eigenvalue weighted by molar-refractivity contribution is -0.158. The number of carboxylic acids is 1. The van der Waals surface area contributed by atoms with Gasteiger partial charge in [0.2, 0.25) is 0 Å². The lowest BCUT2D eigenvalue weighted by Crippen LogP contribution is -2.50. The molecule has 7 nitrogen and oxygen atoms in total. The van der Waals surface area contributed by atoms with Crippen molar-refractivity contribution in [3.8, 4) is 0 Å². The number of carbonyl (C=O) groups is 3. The van der Waals surface area contributed by atoms with Crippen LogP contribution in [0.2, 0.25) is 0 Å². The largest absolute Gasteiger partial charge is 0.481 e. The summed E-state index contributed by atoms with van der Waals surface area (Å²) in [6.45, 7) is 5.44. The van der Waals surface area contributed by atoms with E-state index in [4.69, 9.17) is 4.74 Å². The van der Waals surface area contributed by atoms with Crippen LogP contribution in [0, 0.1) is 11.8 Å². The molecule has 1 rings (SSSR count). The van der Waals surface area contributed by atoms with E-state index in [1.165, 1.54) is 12.0 Å². The first kappa shape index (κ1) is 16.3. The third kappa shape index (κ3) is 4.11. The zero-order chi connectivity index (χ0) is 15.5. The predicted octanol–water partition coefficient (Wildman–Crippen LogP) is 1.12. The van der Waals surface area contributed by atoms with Crippen LogP contribution < -0.4 is 0 Å². The standard InChI is InChI=1S/C13H21NO6/c1-13(2,3)20-12(18)14-6-5-8(11(17)19-4)9(7-14)10(15)16/h8-9H,5-7H2,1-4H3,(H,15,16). The predicted molar refractivity (Wildman–Crippen MR) is 69.1 cm³/mol. The van der Waals surface area contributed by atoms with E-state index < -0.39 is 35.5 Å². The van der Waals surface area contributed by atoms with E-state index in [1.54, 1.807) is 20.8 Å². The summed E-state index contributed by atoms with van der Waals surface area (Å²) in [6, 6.07) is 0. The van der Waals surface area contributed by atoms with Crippen molar-refractivity contribution in [2.24, 2.45) is 11.8 Å². The van der Waals surface area contributed by atoms with Gasteiger partial charge in [-0.2, -0.15) is 0 Å². The molecule has 0 aromatic heterocycles. The van der Waals surface area contributed by atoms with E-state index >= 15 is 0 Å². The number of likely N-dealkylation sites (tertiary alicyclic amines) is 1. The molecule has 0 aromatic carbocycles. The number of amides is 1. The van der Waals surface area contributed by atoms with Crippen molar-refractivity contribution in [1.29, 1.82) is 0 Å². The summed E-state index contributed by atoms with van der Waals surface area (Å²) in [4.78, 5) is 36.1. The number of rotatable bonds is 2. The zero-order valence-corrected chi connectivity index (χ0v) is 12.2. The Labute approximate surface area is 117 Å². The molecule has 0 aromatic rings. The van der Waals surface area contributed by atoms with Gasteiger partial charge in [0.15, 0.2) is 0 Å². The molecule has 1 aliphatic rings. The first-order valence-electron chi connectivity index (χ1n) is 6.44. The molecule has 1 heterocycles. The summed E-state index contributed by atoms with van der Waals surface area (Å²) in [5.74, 6) is -3.37. The molecule has 0 spiro atoms. The van der Waals surface area contributed by atoms with Gasteiger partial charge in [-0.1, -0.05) is 0 Å². The summed E-state index contributed by atoms with van der Waals surface area (Å²) in [7, 11) is 1.22. The Kier molecular flexibility index (Phi) is 4.97. The number of hydrogen-bond acceptors (Lipinski definition) is 5. The number of nitrogens with zero attached hydrogens (tertiary/aromatic N) is 1. The summed E-state index contributed by atoms with van der Waals surface area (Å²) in [6.07, 6.45) is -0.310. The molecule has 0 radical (unpaired) electrons. The molecule has 2 atom stereocenters. The zero-order valence-electron chi connectivity index (χ0n) is 12.2. The lowest BCUT2D eigenvalue weighted by atomic mass is 9.85. The van der Waals surface area contributed by atoms with Crippen molar-refractivity contribution >= 4 is 18.0 Å². The molecule has 1 amide bonds. The molecule has 20 heavy (non-hydrogen) atoms. The molecule has 0 saturated carbocycles. The van der Waals surface area contributed by atoms with Crippen LogP contribution in [0.4, 0.5) is 4.79 Å². The molecule has 114 valence electrons.